The van der Waals surface area contributed by atoms with E-state index in [2.05, 4.69) is 10.0 Å². The maximum Gasteiger partial charge on any atom is 0.416 e. The van der Waals surface area contributed by atoms with Crippen molar-refractivity contribution in [3.05, 3.63) is 76.7 Å². The SMILES string of the molecule is CSCC[C@H](NS(=O)(=O)/C=C/c1ccccc1)C(=O)N[C@@H](C)c1cccc(C(F)(F)F)c1. The quantitative estimate of drug-likeness (QED) is 0.515. The van der Waals surface area contributed by atoms with Gasteiger partial charge in [-0.2, -0.15) is 29.7 Å². The molecule has 0 aliphatic heterocycles. The average Bonchev–Trinajstić information content (AvgIpc) is 2.75. The van der Waals surface area contributed by atoms with Gasteiger partial charge in [-0.25, -0.2) is 8.42 Å². The Labute approximate surface area is 190 Å². The molecule has 2 aromatic rings. The van der Waals surface area contributed by atoms with Gasteiger partial charge < -0.3 is 5.32 Å². The number of alkyl halides is 3. The van der Waals surface area contributed by atoms with E-state index in [1.807, 2.05) is 6.26 Å². The molecular formula is C22H25F3N2O3S2. The van der Waals surface area contributed by atoms with Crippen LogP contribution in [0.25, 0.3) is 6.08 Å². The molecule has 5 nitrogen and oxygen atoms in total. The normalized spacial score (nSPS) is 14.3. The summed E-state index contributed by atoms with van der Waals surface area (Å²) in [6.45, 7) is 1.54. The Balaban J connectivity index is 2.12. The van der Waals surface area contributed by atoms with Gasteiger partial charge in [-0.1, -0.05) is 42.5 Å². The Morgan fingerprint density at radius 2 is 1.81 bits per heavy atom. The molecule has 0 unspecified atom stereocenters. The van der Waals surface area contributed by atoms with Crippen molar-refractivity contribution in [2.24, 2.45) is 0 Å². The number of rotatable bonds is 10. The van der Waals surface area contributed by atoms with Gasteiger partial charge in [-0.15, -0.1) is 0 Å². The minimum Gasteiger partial charge on any atom is -0.348 e. The molecule has 10 heteroatoms. The molecule has 0 radical (unpaired) electrons. The fourth-order valence-electron chi connectivity index (χ4n) is 2.83. The number of hydrogen-bond donors (Lipinski definition) is 2. The highest BCUT2D eigenvalue weighted by Crippen LogP contribution is 2.30. The predicted octanol–water partition coefficient (Wildman–Crippen LogP) is 4.59. The Morgan fingerprint density at radius 1 is 1.12 bits per heavy atom. The van der Waals surface area contributed by atoms with Crippen LogP contribution in [0.15, 0.2) is 60.0 Å². The lowest BCUT2D eigenvalue weighted by Gasteiger charge is -2.21. The van der Waals surface area contributed by atoms with Crippen LogP contribution in [0, 0.1) is 0 Å². The molecule has 2 aromatic carbocycles. The van der Waals surface area contributed by atoms with Gasteiger partial charge in [0.05, 0.1) is 11.6 Å². The number of carbonyl (C=O) groups is 1. The number of thioether (sulfide) groups is 1. The Morgan fingerprint density at radius 3 is 2.44 bits per heavy atom. The molecule has 2 N–H and O–H groups in total. The Bertz CT molecular complexity index is 1030. The lowest BCUT2D eigenvalue weighted by molar-refractivity contribution is -0.137. The van der Waals surface area contributed by atoms with Crippen molar-refractivity contribution < 1.29 is 26.4 Å². The lowest BCUT2D eigenvalue weighted by atomic mass is 10.0. The lowest BCUT2D eigenvalue weighted by Crippen LogP contribution is -2.47. The fraction of sp³-hybridized carbons (Fsp3) is 0.318. The van der Waals surface area contributed by atoms with Gasteiger partial charge in [-0.05, 0) is 54.7 Å². The van der Waals surface area contributed by atoms with E-state index in [1.54, 1.807) is 37.3 Å². The third-order valence-corrected chi connectivity index (χ3v) is 6.30. The number of carbonyl (C=O) groups excluding carboxylic acids is 1. The molecule has 2 rings (SSSR count). The molecule has 32 heavy (non-hydrogen) atoms. The maximum absolute atomic E-state index is 13.0. The molecule has 1 amide bonds. The first-order valence-corrected chi connectivity index (χ1v) is 12.7. The van der Waals surface area contributed by atoms with E-state index < -0.39 is 39.8 Å². The average molecular weight is 487 g/mol. The molecular weight excluding hydrogens is 461 g/mol. The first-order chi connectivity index (χ1) is 15.0. The zero-order valence-electron chi connectivity index (χ0n) is 17.6. The van der Waals surface area contributed by atoms with Gasteiger partial charge in [0, 0.05) is 5.41 Å². The highest BCUT2D eigenvalue weighted by atomic mass is 32.2. The second kappa shape index (κ2) is 11.5. The summed E-state index contributed by atoms with van der Waals surface area (Å²) in [6, 6.07) is 11.7. The van der Waals surface area contributed by atoms with E-state index in [4.69, 9.17) is 0 Å². The van der Waals surface area contributed by atoms with E-state index in [9.17, 15) is 26.4 Å². The van der Waals surface area contributed by atoms with E-state index in [-0.39, 0.29) is 12.0 Å². The number of benzene rings is 2. The van der Waals surface area contributed by atoms with Crippen molar-refractivity contribution in [1.29, 1.82) is 0 Å². The number of halogens is 3. The molecule has 0 heterocycles. The van der Waals surface area contributed by atoms with Crippen LogP contribution in [0.2, 0.25) is 0 Å². The highest BCUT2D eigenvalue weighted by Gasteiger charge is 2.31. The van der Waals surface area contributed by atoms with Crippen molar-refractivity contribution in [1.82, 2.24) is 10.0 Å². The molecule has 0 bridgehead atoms. The van der Waals surface area contributed by atoms with Crippen molar-refractivity contribution >= 4 is 33.8 Å². The van der Waals surface area contributed by atoms with E-state index in [1.165, 1.54) is 30.0 Å². The van der Waals surface area contributed by atoms with Crippen LogP contribution in [0.1, 0.15) is 36.1 Å². The predicted molar refractivity (Wildman–Crippen MR) is 122 cm³/mol. The molecule has 0 aromatic heterocycles. The first kappa shape index (κ1) is 26.0. The second-order valence-corrected chi connectivity index (χ2v) is 9.65. The summed E-state index contributed by atoms with van der Waals surface area (Å²) in [5, 5.41) is 3.60. The van der Waals surface area contributed by atoms with E-state index in [0.717, 1.165) is 17.5 Å². The summed E-state index contributed by atoms with van der Waals surface area (Å²) in [4.78, 5) is 12.8. The van der Waals surface area contributed by atoms with Crippen LogP contribution in [-0.2, 0) is 21.0 Å². The molecule has 0 aliphatic carbocycles. The van der Waals surface area contributed by atoms with Gasteiger partial charge >= 0.3 is 6.18 Å². The minimum atomic E-state index is -4.50. The van der Waals surface area contributed by atoms with Crippen molar-refractivity contribution in [2.75, 3.05) is 12.0 Å². The summed E-state index contributed by atoms with van der Waals surface area (Å²) < 4.78 is 66.2. The van der Waals surface area contributed by atoms with Gasteiger partial charge in [0.15, 0.2) is 0 Å². The van der Waals surface area contributed by atoms with Crippen molar-refractivity contribution in [2.45, 2.75) is 31.6 Å². The van der Waals surface area contributed by atoms with Gasteiger partial charge in [0.25, 0.3) is 0 Å². The minimum absolute atomic E-state index is 0.223. The van der Waals surface area contributed by atoms with Gasteiger partial charge in [0.2, 0.25) is 15.9 Å². The largest absolute Gasteiger partial charge is 0.416 e. The monoisotopic (exact) mass is 486 g/mol. The molecule has 0 saturated carbocycles. The van der Waals surface area contributed by atoms with E-state index >= 15 is 0 Å². The standard InChI is InChI=1S/C22H25F3N2O3S2/c1-16(18-9-6-10-19(15-18)22(23,24)25)26-21(28)20(11-13-31-2)27-32(29,30)14-12-17-7-4-3-5-8-17/h3-10,12,14-16,20,27H,11,13H2,1-2H3,(H,26,28)/b14-12+/t16-,20-/m0/s1. The number of hydrogen-bond acceptors (Lipinski definition) is 4. The zero-order valence-corrected chi connectivity index (χ0v) is 19.2. The summed E-state index contributed by atoms with van der Waals surface area (Å²) >= 11 is 1.45. The number of nitrogens with one attached hydrogen (secondary N) is 2. The highest BCUT2D eigenvalue weighted by molar-refractivity contribution is 7.98. The summed E-state index contributed by atoms with van der Waals surface area (Å²) in [5.74, 6) is -0.0957. The van der Waals surface area contributed by atoms with E-state index in [0.29, 0.717) is 11.3 Å². The molecule has 0 spiro atoms. The van der Waals surface area contributed by atoms with Crippen LogP contribution < -0.4 is 10.0 Å². The van der Waals surface area contributed by atoms with Crippen LogP contribution in [0.3, 0.4) is 0 Å². The summed E-state index contributed by atoms with van der Waals surface area (Å²) in [6.07, 6.45) is -1.04. The molecule has 0 fully saturated rings. The zero-order chi connectivity index (χ0) is 23.8. The van der Waals surface area contributed by atoms with Crippen molar-refractivity contribution in [3.63, 3.8) is 0 Å². The fourth-order valence-corrected chi connectivity index (χ4v) is 4.34. The Kier molecular flexibility index (Phi) is 9.35. The topological polar surface area (TPSA) is 75.3 Å². The maximum atomic E-state index is 13.0. The molecule has 0 saturated heterocycles. The third kappa shape index (κ3) is 8.33. The smallest absolute Gasteiger partial charge is 0.348 e. The summed E-state index contributed by atoms with van der Waals surface area (Å²) in [7, 11) is -3.93. The molecule has 2 atom stereocenters. The first-order valence-electron chi connectivity index (χ1n) is 9.74. The molecule has 0 aliphatic rings. The van der Waals surface area contributed by atoms with Gasteiger partial charge in [-0.3, -0.25) is 4.79 Å². The third-order valence-electron chi connectivity index (χ3n) is 4.55. The van der Waals surface area contributed by atoms with Crippen LogP contribution in [-0.4, -0.2) is 32.4 Å². The van der Waals surface area contributed by atoms with Gasteiger partial charge in [0.1, 0.15) is 6.04 Å². The second-order valence-electron chi connectivity index (χ2n) is 7.06. The van der Waals surface area contributed by atoms with Crippen LogP contribution >= 0.6 is 11.8 Å². The Hall–Kier alpha value is -2.30. The number of amides is 1. The summed E-state index contributed by atoms with van der Waals surface area (Å²) in [5.41, 5.74) is 0.131. The van der Waals surface area contributed by atoms with Crippen molar-refractivity contribution in [3.8, 4) is 0 Å². The van der Waals surface area contributed by atoms with Crippen LogP contribution in [0.5, 0.6) is 0 Å². The van der Waals surface area contributed by atoms with Crippen LogP contribution in [0.4, 0.5) is 13.2 Å². The number of sulfonamides is 1. The molecule has 174 valence electrons.